The lowest BCUT2D eigenvalue weighted by molar-refractivity contribution is -0.384. The molecule has 0 saturated carbocycles. The second-order valence-corrected chi connectivity index (χ2v) is 6.72. The Kier molecular flexibility index (Phi) is 4.99. The van der Waals surface area contributed by atoms with Crippen LogP contribution < -0.4 is 10.2 Å². The van der Waals surface area contributed by atoms with Crippen LogP contribution in [0.5, 0.6) is 0 Å². The van der Waals surface area contributed by atoms with Gasteiger partial charge in [-0.15, -0.1) is 0 Å². The van der Waals surface area contributed by atoms with Crippen LogP contribution in [-0.2, 0) is 0 Å². The predicted octanol–water partition coefficient (Wildman–Crippen LogP) is 4.58. The third-order valence-corrected chi connectivity index (χ3v) is 4.68. The van der Waals surface area contributed by atoms with Crippen molar-refractivity contribution < 1.29 is 9.31 Å². The van der Waals surface area contributed by atoms with E-state index < -0.39 is 0 Å². The monoisotopic (exact) mass is 393 g/mol. The Bertz CT molecular complexity index is 731. The summed E-state index contributed by atoms with van der Waals surface area (Å²) in [5.74, 6) is -0.252. The molecule has 5 nitrogen and oxygen atoms in total. The van der Waals surface area contributed by atoms with Crippen molar-refractivity contribution in [2.45, 2.75) is 18.9 Å². The van der Waals surface area contributed by atoms with Gasteiger partial charge >= 0.3 is 0 Å². The van der Waals surface area contributed by atoms with E-state index in [0.717, 1.165) is 31.6 Å². The number of nitro groups is 1. The van der Waals surface area contributed by atoms with Crippen molar-refractivity contribution in [2.24, 2.45) is 0 Å². The molecule has 1 aliphatic rings. The van der Waals surface area contributed by atoms with Crippen molar-refractivity contribution in [1.82, 2.24) is 0 Å². The van der Waals surface area contributed by atoms with Crippen molar-refractivity contribution in [2.75, 3.05) is 23.3 Å². The molecule has 0 unspecified atom stereocenters. The Morgan fingerprint density at radius 3 is 2.46 bits per heavy atom. The lowest BCUT2D eigenvalue weighted by atomic mass is 10.0. The number of piperidine rings is 1. The summed E-state index contributed by atoms with van der Waals surface area (Å²) >= 11 is 3.28. The summed E-state index contributed by atoms with van der Waals surface area (Å²) in [6.45, 7) is 1.47. The van der Waals surface area contributed by atoms with E-state index in [9.17, 15) is 14.5 Å². The summed E-state index contributed by atoms with van der Waals surface area (Å²) in [4.78, 5) is 13.0. The van der Waals surface area contributed by atoms with Gasteiger partial charge in [0.05, 0.1) is 4.92 Å². The molecule has 24 heavy (non-hydrogen) atoms. The van der Waals surface area contributed by atoms with Gasteiger partial charge < -0.3 is 10.2 Å². The van der Waals surface area contributed by atoms with E-state index in [2.05, 4.69) is 21.2 Å². The summed E-state index contributed by atoms with van der Waals surface area (Å²) < 4.78 is 13.6. The molecule has 1 saturated heterocycles. The summed E-state index contributed by atoms with van der Waals surface area (Å²) in [5, 5.41) is 14.7. The number of nitrogens with one attached hydrogen (secondary N) is 1. The van der Waals surface area contributed by atoms with E-state index in [0.29, 0.717) is 10.2 Å². The highest BCUT2D eigenvalue weighted by Gasteiger charge is 2.25. The van der Waals surface area contributed by atoms with Crippen LogP contribution in [0.4, 0.5) is 21.5 Å². The van der Waals surface area contributed by atoms with Crippen molar-refractivity contribution in [3.63, 3.8) is 0 Å². The molecule has 1 fully saturated rings. The first-order valence-electron chi connectivity index (χ1n) is 7.74. The Balaban J connectivity index is 1.65. The van der Waals surface area contributed by atoms with Crippen molar-refractivity contribution >= 4 is 33.0 Å². The molecule has 0 atom stereocenters. The zero-order valence-electron chi connectivity index (χ0n) is 12.9. The topological polar surface area (TPSA) is 58.4 Å². The maximum Gasteiger partial charge on any atom is 0.293 e. The van der Waals surface area contributed by atoms with Crippen molar-refractivity contribution in [3.05, 3.63) is 62.9 Å². The van der Waals surface area contributed by atoms with Gasteiger partial charge in [-0.1, -0.05) is 15.9 Å². The minimum absolute atomic E-state index is 0.120. The highest BCUT2D eigenvalue weighted by Crippen LogP contribution is 2.33. The molecule has 0 bridgehead atoms. The van der Waals surface area contributed by atoms with Crippen molar-refractivity contribution in [3.8, 4) is 0 Å². The number of nitro benzene ring substituents is 1. The minimum Gasteiger partial charge on any atom is -0.382 e. The molecule has 3 rings (SSSR count). The van der Waals surface area contributed by atoms with Gasteiger partial charge in [0.1, 0.15) is 11.5 Å². The van der Waals surface area contributed by atoms with E-state index in [-0.39, 0.29) is 22.5 Å². The first-order chi connectivity index (χ1) is 11.5. The van der Waals surface area contributed by atoms with E-state index in [1.165, 1.54) is 18.2 Å². The molecule has 7 heteroatoms. The standard InChI is InChI=1S/C17H17BrFN3O2/c18-12-1-6-16(17(11-12)22(23)24)21-9-7-15(8-10-21)20-14-4-2-13(19)3-5-14/h1-6,11,15,20H,7-10H2. The van der Waals surface area contributed by atoms with E-state index in [4.69, 9.17) is 0 Å². The lowest BCUT2D eigenvalue weighted by Gasteiger charge is -2.34. The largest absolute Gasteiger partial charge is 0.382 e. The Labute approximate surface area is 147 Å². The van der Waals surface area contributed by atoms with Gasteiger partial charge in [0.2, 0.25) is 0 Å². The van der Waals surface area contributed by atoms with Crippen molar-refractivity contribution in [1.29, 1.82) is 0 Å². The van der Waals surface area contributed by atoms with E-state index in [1.54, 1.807) is 18.2 Å². The molecule has 0 radical (unpaired) electrons. The average Bonchev–Trinajstić information content (AvgIpc) is 2.58. The average molecular weight is 394 g/mol. The summed E-state index contributed by atoms with van der Waals surface area (Å²) in [6, 6.07) is 11.7. The lowest BCUT2D eigenvalue weighted by Crippen LogP contribution is -2.39. The zero-order valence-corrected chi connectivity index (χ0v) is 14.5. The van der Waals surface area contributed by atoms with Crippen LogP contribution in [0.25, 0.3) is 0 Å². The van der Waals surface area contributed by atoms with Gasteiger partial charge in [0.25, 0.3) is 5.69 Å². The Morgan fingerprint density at radius 2 is 1.83 bits per heavy atom. The molecule has 0 amide bonds. The van der Waals surface area contributed by atoms with Crippen LogP contribution in [0.2, 0.25) is 0 Å². The van der Waals surface area contributed by atoms with Gasteiger partial charge in [-0.25, -0.2) is 4.39 Å². The number of rotatable bonds is 4. The second kappa shape index (κ2) is 7.17. The SMILES string of the molecule is O=[N+]([O-])c1cc(Br)ccc1N1CCC(Nc2ccc(F)cc2)CC1. The van der Waals surface area contributed by atoms with Crippen LogP contribution in [0.1, 0.15) is 12.8 Å². The van der Waals surface area contributed by atoms with Crippen LogP contribution in [0.3, 0.4) is 0 Å². The van der Waals surface area contributed by atoms with Crippen LogP contribution in [0.15, 0.2) is 46.9 Å². The number of halogens is 2. The molecular formula is C17H17BrFN3O2. The van der Waals surface area contributed by atoms with Gasteiger partial charge in [-0.2, -0.15) is 0 Å². The summed E-state index contributed by atoms with van der Waals surface area (Å²) in [6.07, 6.45) is 1.73. The van der Waals surface area contributed by atoms with Gasteiger partial charge in [0, 0.05) is 35.4 Å². The molecule has 1 aliphatic heterocycles. The minimum atomic E-state index is -0.344. The smallest absolute Gasteiger partial charge is 0.293 e. The molecule has 2 aromatic carbocycles. The predicted molar refractivity (Wildman–Crippen MR) is 96.1 cm³/mol. The Morgan fingerprint density at radius 1 is 1.17 bits per heavy atom. The highest BCUT2D eigenvalue weighted by atomic mass is 79.9. The molecular weight excluding hydrogens is 377 g/mol. The maximum absolute atomic E-state index is 12.9. The number of hydrogen-bond donors (Lipinski definition) is 1. The normalized spacial score (nSPS) is 15.3. The third kappa shape index (κ3) is 3.84. The fourth-order valence-electron chi connectivity index (χ4n) is 2.96. The Hall–Kier alpha value is -2.15. The first-order valence-corrected chi connectivity index (χ1v) is 8.53. The van der Waals surface area contributed by atoms with E-state index >= 15 is 0 Å². The molecule has 1 N–H and O–H groups in total. The van der Waals surface area contributed by atoms with Gasteiger partial charge in [-0.3, -0.25) is 10.1 Å². The third-order valence-electron chi connectivity index (χ3n) is 4.18. The molecule has 1 heterocycles. The van der Waals surface area contributed by atoms with Crippen LogP contribution in [0, 0.1) is 15.9 Å². The molecule has 2 aromatic rings. The fourth-order valence-corrected chi connectivity index (χ4v) is 3.31. The van der Waals surface area contributed by atoms with Gasteiger partial charge in [-0.05, 0) is 49.2 Å². The second-order valence-electron chi connectivity index (χ2n) is 5.80. The van der Waals surface area contributed by atoms with Crippen LogP contribution in [-0.4, -0.2) is 24.1 Å². The summed E-state index contributed by atoms with van der Waals surface area (Å²) in [7, 11) is 0. The molecule has 0 aliphatic carbocycles. The highest BCUT2D eigenvalue weighted by molar-refractivity contribution is 9.10. The summed E-state index contributed by atoms with van der Waals surface area (Å²) in [5.41, 5.74) is 1.67. The van der Waals surface area contributed by atoms with Gasteiger partial charge in [0.15, 0.2) is 0 Å². The first kappa shape index (κ1) is 16.7. The number of benzene rings is 2. The molecule has 0 aromatic heterocycles. The fraction of sp³-hybridized carbons (Fsp3) is 0.294. The zero-order chi connectivity index (χ0) is 17.1. The molecule has 0 spiro atoms. The van der Waals surface area contributed by atoms with E-state index in [1.807, 2.05) is 11.0 Å². The van der Waals surface area contributed by atoms with Crippen LogP contribution >= 0.6 is 15.9 Å². The molecule has 126 valence electrons. The number of nitrogens with zero attached hydrogens (tertiary/aromatic N) is 2. The quantitative estimate of drug-likeness (QED) is 0.610. The maximum atomic E-state index is 12.9. The number of hydrogen-bond acceptors (Lipinski definition) is 4. The number of anilines is 2.